The highest BCUT2D eigenvalue weighted by Gasteiger charge is 2.41. The zero-order valence-corrected chi connectivity index (χ0v) is 20.7. The van der Waals surface area contributed by atoms with Crippen molar-refractivity contribution in [3.05, 3.63) is 12.2 Å². The van der Waals surface area contributed by atoms with Gasteiger partial charge in [-0.25, -0.2) is 4.99 Å². The molecule has 0 spiro atoms. The number of allylic oxidation sites excluding steroid dienone is 2. The summed E-state index contributed by atoms with van der Waals surface area (Å²) in [5.74, 6) is 0. The van der Waals surface area contributed by atoms with Gasteiger partial charge in [-0.15, -0.1) is 0 Å². The van der Waals surface area contributed by atoms with Crippen molar-refractivity contribution in [2.75, 3.05) is 13.1 Å². The van der Waals surface area contributed by atoms with E-state index in [1.807, 2.05) is 13.1 Å². The summed E-state index contributed by atoms with van der Waals surface area (Å²) < 4.78 is 0.740. The Balaban J connectivity index is 1.88. The van der Waals surface area contributed by atoms with Gasteiger partial charge in [-0.3, -0.25) is 4.48 Å². The summed E-state index contributed by atoms with van der Waals surface area (Å²) in [7, 11) is 0. The van der Waals surface area contributed by atoms with Gasteiger partial charge in [0, 0.05) is 13.3 Å². The first-order valence-electron chi connectivity index (χ1n) is 13.4. The number of quaternary nitrogens is 1. The predicted molar refractivity (Wildman–Crippen MR) is 133 cm³/mol. The lowest BCUT2D eigenvalue weighted by Gasteiger charge is -2.40. The molecule has 0 aliphatic carbocycles. The molecule has 0 bridgehead atoms. The van der Waals surface area contributed by atoms with Gasteiger partial charge in [0.05, 0.1) is 12.8 Å². The highest BCUT2D eigenvalue weighted by molar-refractivity contribution is 5.60. The minimum atomic E-state index is -0.315. The van der Waals surface area contributed by atoms with Crippen molar-refractivity contribution in [1.82, 2.24) is 0 Å². The zero-order valence-electron chi connectivity index (χ0n) is 20.7. The predicted octanol–water partition coefficient (Wildman–Crippen LogP) is 7.78. The van der Waals surface area contributed by atoms with Crippen LogP contribution in [-0.2, 0) is 0 Å². The van der Waals surface area contributed by atoms with Crippen molar-refractivity contribution in [2.24, 2.45) is 4.99 Å². The molecule has 3 nitrogen and oxygen atoms in total. The van der Waals surface area contributed by atoms with E-state index in [-0.39, 0.29) is 12.4 Å². The van der Waals surface area contributed by atoms with E-state index in [2.05, 4.69) is 31.0 Å². The quantitative estimate of drug-likeness (QED) is 0.121. The Kier molecular flexibility index (Phi) is 16.4. The van der Waals surface area contributed by atoms with Gasteiger partial charge in [0.1, 0.15) is 6.54 Å². The van der Waals surface area contributed by atoms with Gasteiger partial charge >= 0.3 is 0 Å². The third-order valence-corrected chi connectivity index (χ3v) is 7.10. The molecule has 0 fully saturated rings. The Bertz CT molecular complexity index is 446. The summed E-state index contributed by atoms with van der Waals surface area (Å²) in [6.45, 7) is 8.25. The Morgan fingerprint density at radius 2 is 1.33 bits per heavy atom. The fraction of sp³-hybridized carbons (Fsp3) is 0.889. The number of nitrogens with zero attached hydrogens (tertiary/aromatic N) is 2. The fourth-order valence-electron chi connectivity index (χ4n) is 4.84. The Morgan fingerprint density at radius 3 is 1.83 bits per heavy atom. The van der Waals surface area contributed by atoms with E-state index in [1.54, 1.807) is 0 Å². The van der Waals surface area contributed by atoms with E-state index in [0.29, 0.717) is 0 Å². The van der Waals surface area contributed by atoms with Crippen LogP contribution in [-0.4, -0.2) is 41.3 Å². The minimum absolute atomic E-state index is 0.277. The second-order valence-electron chi connectivity index (χ2n) is 9.48. The molecule has 1 heterocycles. The van der Waals surface area contributed by atoms with Crippen molar-refractivity contribution in [1.29, 1.82) is 0 Å². The van der Waals surface area contributed by atoms with Crippen molar-refractivity contribution in [2.45, 2.75) is 142 Å². The van der Waals surface area contributed by atoms with Crippen LogP contribution in [0.2, 0.25) is 0 Å². The lowest BCUT2D eigenvalue weighted by molar-refractivity contribution is -0.976. The van der Waals surface area contributed by atoms with Crippen LogP contribution in [0.15, 0.2) is 17.1 Å². The summed E-state index contributed by atoms with van der Waals surface area (Å²) in [6.07, 6.45) is 29.8. The average molecular weight is 422 g/mol. The maximum Gasteiger partial charge on any atom is 0.189 e. The topological polar surface area (TPSA) is 32.6 Å². The smallest absolute Gasteiger partial charge is 0.189 e. The standard InChI is InChI=1S/C27H53N2O/c1-4-6-7-8-9-10-11-12-13-14-15-16-17-18-19-20-21-22-23-27-28-24-25-29(27,5-2)26(3)30/h15-16,24,26-27,30H,4-14,17-23,25H2,1-3H3/q+1/b16-15+. The van der Waals surface area contributed by atoms with Crippen LogP contribution >= 0.6 is 0 Å². The van der Waals surface area contributed by atoms with Crippen molar-refractivity contribution >= 4 is 6.21 Å². The number of hydrogen-bond acceptors (Lipinski definition) is 2. The molecular weight excluding hydrogens is 368 g/mol. The van der Waals surface area contributed by atoms with Crippen molar-refractivity contribution in [3.8, 4) is 0 Å². The Morgan fingerprint density at radius 1 is 0.833 bits per heavy atom. The third-order valence-electron chi connectivity index (χ3n) is 7.10. The molecule has 0 saturated heterocycles. The van der Waals surface area contributed by atoms with Crippen LogP contribution in [0.1, 0.15) is 130 Å². The SMILES string of the molecule is CCCCCCCCCCC/C=C/CCCCCCCC1N=CC[N+]1(CC)C(C)O. The van der Waals surface area contributed by atoms with Gasteiger partial charge in [-0.1, -0.05) is 89.7 Å². The molecule has 30 heavy (non-hydrogen) atoms. The van der Waals surface area contributed by atoms with E-state index in [0.717, 1.165) is 24.0 Å². The van der Waals surface area contributed by atoms with E-state index in [1.165, 1.54) is 103 Å². The van der Waals surface area contributed by atoms with Gasteiger partial charge in [-0.05, 0) is 39.0 Å². The number of hydrogen-bond donors (Lipinski definition) is 1. The second kappa shape index (κ2) is 18.0. The molecular formula is C27H53N2O+. The molecule has 0 aromatic heterocycles. The fourth-order valence-corrected chi connectivity index (χ4v) is 4.84. The highest BCUT2D eigenvalue weighted by Crippen LogP contribution is 2.26. The van der Waals surface area contributed by atoms with E-state index < -0.39 is 0 Å². The minimum Gasteiger partial charge on any atom is -0.345 e. The first-order valence-corrected chi connectivity index (χ1v) is 13.4. The molecule has 0 aromatic carbocycles. The first-order chi connectivity index (χ1) is 14.7. The number of aliphatic hydroxyl groups excluding tert-OH is 1. The van der Waals surface area contributed by atoms with E-state index >= 15 is 0 Å². The lowest BCUT2D eigenvalue weighted by atomic mass is 10.1. The summed E-state index contributed by atoms with van der Waals surface area (Å²) >= 11 is 0. The highest BCUT2D eigenvalue weighted by atomic mass is 16.3. The Hall–Kier alpha value is -0.670. The molecule has 176 valence electrons. The van der Waals surface area contributed by atoms with Gasteiger partial charge in [-0.2, -0.15) is 0 Å². The molecule has 1 rings (SSSR count). The van der Waals surface area contributed by atoms with Gasteiger partial charge in [0.15, 0.2) is 12.4 Å². The van der Waals surface area contributed by atoms with Crippen LogP contribution in [0.5, 0.6) is 0 Å². The van der Waals surface area contributed by atoms with Gasteiger partial charge in [0.25, 0.3) is 0 Å². The van der Waals surface area contributed by atoms with Crippen molar-refractivity contribution in [3.63, 3.8) is 0 Å². The first kappa shape index (κ1) is 27.4. The molecule has 3 atom stereocenters. The second-order valence-corrected chi connectivity index (χ2v) is 9.48. The number of rotatable bonds is 20. The molecule has 1 aliphatic heterocycles. The third kappa shape index (κ3) is 11.1. The van der Waals surface area contributed by atoms with Gasteiger partial charge in [0.2, 0.25) is 0 Å². The van der Waals surface area contributed by atoms with Gasteiger partial charge < -0.3 is 5.11 Å². The normalized spacial score (nSPS) is 22.3. The lowest BCUT2D eigenvalue weighted by Crippen LogP contribution is -2.57. The van der Waals surface area contributed by atoms with Crippen LogP contribution in [0.25, 0.3) is 0 Å². The molecule has 0 amide bonds. The molecule has 1 aliphatic rings. The monoisotopic (exact) mass is 421 g/mol. The van der Waals surface area contributed by atoms with E-state index in [4.69, 9.17) is 0 Å². The summed E-state index contributed by atoms with van der Waals surface area (Å²) in [6, 6.07) is 0. The molecule has 0 saturated carbocycles. The molecule has 1 N–H and O–H groups in total. The molecule has 0 radical (unpaired) electrons. The summed E-state index contributed by atoms with van der Waals surface area (Å²) in [5, 5.41) is 10.2. The number of aliphatic hydroxyl groups is 1. The molecule has 3 heteroatoms. The molecule has 0 aromatic rings. The number of unbranched alkanes of at least 4 members (excludes halogenated alkanes) is 14. The maximum absolute atomic E-state index is 10.2. The number of aliphatic imine (C=N–C) groups is 1. The summed E-state index contributed by atoms with van der Waals surface area (Å²) in [4.78, 5) is 4.67. The van der Waals surface area contributed by atoms with Crippen LogP contribution < -0.4 is 0 Å². The maximum atomic E-state index is 10.2. The van der Waals surface area contributed by atoms with Crippen molar-refractivity contribution < 1.29 is 9.59 Å². The van der Waals surface area contributed by atoms with Crippen LogP contribution in [0, 0.1) is 0 Å². The van der Waals surface area contributed by atoms with Crippen LogP contribution in [0.4, 0.5) is 0 Å². The van der Waals surface area contributed by atoms with E-state index in [9.17, 15) is 5.11 Å². The Labute approximate surface area is 188 Å². The summed E-state index contributed by atoms with van der Waals surface area (Å²) in [5.41, 5.74) is 0. The largest absolute Gasteiger partial charge is 0.345 e. The van der Waals surface area contributed by atoms with Crippen LogP contribution in [0.3, 0.4) is 0 Å². The average Bonchev–Trinajstić information content (AvgIpc) is 3.17. The zero-order chi connectivity index (χ0) is 21.9. The molecule has 3 unspecified atom stereocenters.